The van der Waals surface area contributed by atoms with Gasteiger partial charge in [0.15, 0.2) is 0 Å². The molecule has 28 heavy (non-hydrogen) atoms. The molecule has 5 nitrogen and oxygen atoms in total. The van der Waals surface area contributed by atoms with E-state index >= 15 is 0 Å². The number of benzene rings is 2. The molecule has 0 spiro atoms. The smallest absolute Gasteiger partial charge is 0.251 e. The molecular formula is C21H28N2O3S2. The van der Waals surface area contributed by atoms with Crippen LogP contribution < -0.4 is 5.32 Å². The normalized spacial score (nSPS) is 11.6. The van der Waals surface area contributed by atoms with E-state index in [-0.39, 0.29) is 10.8 Å². The second-order valence-electron chi connectivity index (χ2n) is 6.41. The molecule has 1 amide bonds. The van der Waals surface area contributed by atoms with Gasteiger partial charge in [0, 0.05) is 36.7 Å². The molecule has 0 atom stereocenters. The summed E-state index contributed by atoms with van der Waals surface area (Å²) in [4.78, 5) is 12.5. The Morgan fingerprint density at radius 2 is 1.75 bits per heavy atom. The lowest BCUT2D eigenvalue weighted by Crippen LogP contribution is -2.31. The summed E-state index contributed by atoms with van der Waals surface area (Å²) >= 11 is 1.75. The van der Waals surface area contributed by atoms with Crippen molar-refractivity contribution in [1.29, 1.82) is 0 Å². The van der Waals surface area contributed by atoms with E-state index in [1.807, 2.05) is 0 Å². The summed E-state index contributed by atoms with van der Waals surface area (Å²) in [5.41, 5.74) is 2.86. The highest BCUT2D eigenvalue weighted by Crippen LogP contribution is 2.17. The lowest BCUT2D eigenvalue weighted by molar-refractivity contribution is 0.0956. The topological polar surface area (TPSA) is 66.5 Å². The molecule has 7 heteroatoms. The zero-order chi connectivity index (χ0) is 20.6. The lowest BCUT2D eigenvalue weighted by Gasteiger charge is -2.18. The molecule has 2 rings (SSSR count). The van der Waals surface area contributed by atoms with Crippen LogP contribution in [0.3, 0.4) is 0 Å². The van der Waals surface area contributed by atoms with Gasteiger partial charge in [0.2, 0.25) is 10.0 Å². The van der Waals surface area contributed by atoms with Crippen molar-refractivity contribution in [2.45, 2.75) is 31.4 Å². The minimum absolute atomic E-state index is 0.151. The van der Waals surface area contributed by atoms with E-state index in [0.717, 1.165) is 11.5 Å². The van der Waals surface area contributed by atoms with Crippen LogP contribution in [0.25, 0.3) is 0 Å². The van der Waals surface area contributed by atoms with E-state index in [1.165, 1.54) is 27.6 Å². The number of sulfonamides is 1. The highest BCUT2D eigenvalue weighted by atomic mass is 32.2. The van der Waals surface area contributed by atoms with Crippen molar-refractivity contribution >= 4 is 27.7 Å². The first-order chi connectivity index (χ1) is 13.4. The summed E-state index contributed by atoms with van der Waals surface area (Å²) < 4.78 is 26.6. The van der Waals surface area contributed by atoms with E-state index in [2.05, 4.69) is 36.5 Å². The fourth-order valence-corrected chi connectivity index (χ4v) is 5.05. The number of carbonyl (C=O) groups excluding carboxylic acids is 1. The van der Waals surface area contributed by atoms with Crippen molar-refractivity contribution in [3.05, 3.63) is 65.2 Å². The molecule has 0 bridgehead atoms. The van der Waals surface area contributed by atoms with Crippen LogP contribution in [0.4, 0.5) is 0 Å². The maximum Gasteiger partial charge on any atom is 0.251 e. The minimum atomic E-state index is -3.57. The van der Waals surface area contributed by atoms with Crippen LogP contribution in [0.2, 0.25) is 0 Å². The van der Waals surface area contributed by atoms with E-state index in [0.29, 0.717) is 25.2 Å². The summed E-state index contributed by atoms with van der Waals surface area (Å²) in [7, 11) is -3.57. The average molecular weight is 421 g/mol. The number of thioether (sulfide) groups is 1. The number of hydrogen-bond donors (Lipinski definition) is 1. The first-order valence-corrected chi connectivity index (χ1v) is 12.0. The van der Waals surface area contributed by atoms with Crippen LogP contribution in [0.1, 0.15) is 35.3 Å². The summed E-state index contributed by atoms with van der Waals surface area (Å²) in [6.45, 7) is 6.98. The second-order valence-corrected chi connectivity index (χ2v) is 9.45. The Morgan fingerprint density at radius 3 is 2.39 bits per heavy atom. The standard InChI is InChI=1S/C21H28N2O3S2/c1-4-23(5-2)28(25,26)20-8-6-7-19(15-20)21(24)22-13-14-27-16-18-11-9-17(3)10-12-18/h6-12,15H,4-5,13-14,16H2,1-3H3,(H,22,24). The Bertz CT molecular complexity index is 877. The Kier molecular flexibility index (Phi) is 8.54. The van der Waals surface area contributed by atoms with Gasteiger partial charge in [0.25, 0.3) is 5.91 Å². The van der Waals surface area contributed by atoms with Gasteiger partial charge in [-0.1, -0.05) is 49.7 Å². The zero-order valence-electron chi connectivity index (χ0n) is 16.6. The first-order valence-electron chi connectivity index (χ1n) is 9.40. The Labute approximate surface area is 172 Å². The Hall–Kier alpha value is -1.83. The first kappa shape index (κ1) is 22.5. The second kappa shape index (κ2) is 10.6. The van der Waals surface area contributed by atoms with Crippen molar-refractivity contribution in [3.8, 4) is 0 Å². The number of amides is 1. The van der Waals surface area contributed by atoms with Gasteiger partial charge >= 0.3 is 0 Å². The molecule has 2 aromatic carbocycles. The third-order valence-corrected chi connectivity index (χ3v) is 7.44. The number of nitrogens with one attached hydrogen (secondary N) is 1. The molecule has 0 aliphatic rings. The molecule has 0 fully saturated rings. The molecule has 0 unspecified atom stereocenters. The molecule has 0 saturated carbocycles. The molecule has 0 aliphatic carbocycles. The average Bonchev–Trinajstić information content (AvgIpc) is 2.70. The third kappa shape index (κ3) is 6.09. The van der Waals surface area contributed by atoms with Crippen LogP contribution >= 0.6 is 11.8 Å². The van der Waals surface area contributed by atoms with Crippen LogP contribution in [-0.4, -0.2) is 44.0 Å². The monoisotopic (exact) mass is 420 g/mol. The van der Waals surface area contributed by atoms with Gasteiger partial charge in [0.1, 0.15) is 0 Å². The van der Waals surface area contributed by atoms with E-state index in [4.69, 9.17) is 0 Å². The van der Waals surface area contributed by atoms with Crippen molar-refractivity contribution in [3.63, 3.8) is 0 Å². The molecule has 0 radical (unpaired) electrons. The van der Waals surface area contributed by atoms with Gasteiger partial charge in [0.05, 0.1) is 4.90 Å². The predicted octanol–water partition coefficient (Wildman–Crippen LogP) is 3.69. The Morgan fingerprint density at radius 1 is 1.07 bits per heavy atom. The van der Waals surface area contributed by atoms with Crippen molar-refractivity contribution in [1.82, 2.24) is 9.62 Å². The third-order valence-electron chi connectivity index (χ3n) is 4.36. The van der Waals surface area contributed by atoms with Gasteiger partial charge in [-0.3, -0.25) is 4.79 Å². The van der Waals surface area contributed by atoms with E-state index in [1.54, 1.807) is 37.7 Å². The molecule has 2 aromatic rings. The van der Waals surface area contributed by atoms with E-state index in [9.17, 15) is 13.2 Å². The van der Waals surface area contributed by atoms with Gasteiger partial charge in [-0.2, -0.15) is 16.1 Å². The summed E-state index contributed by atoms with van der Waals surface area (Å²) in [6, 6.07) is 14.6. The number of nitrogens with zero attached hydrogens (tertiary/aromatic N) is 1. The number of rotatable bonds is 10. The summed E-state index contributed by atoms with van der Waals surface area (Å²) in [6.07, 6.45) is 0. The van der Waals surface area contributed by atoms with Gasteiger partial charge in [-0.15, -0.1) is 0 Å². The number of hydrogen-bond acceptors (Lipinski definition) is 4. The fourth-order valence-electron chi connectivity index (χ4n) is 2.72. The van der Waals surface area contributed by atoms with Crippen molar-refractivity contribution in [2.24, 2.45) is 0 Å². The van der Waals surface area contributed by atoms with Crippen LogP contribution in [0, 0.1) is 6.92 Å². The van der Waals surface area contributed by atoms with E-state index < -0.39 is 10.0 Å². The quantitative estimate of drug-likeness (QED) is 0.596. The molecule has 0 aromatic heterocycles. The SMILES string of the molecule is CCN(CC)S(=O)(=O)c1cccc(C(=O)NCCSCc2ccc(C)cc2)c1. The van der Waals surface area contributed by atoms with Gasteiger partial charge in [-0.25, -0.2) is 8.42 Å². The molecule has 152 valence electrons. The molecule has 0 saturated heterocycles. The Balaban J connectivity index is 1.88. The number of aryl methyl sites for hydroxylation is 1. The summed E-state index contributed by atoms with van der Waals surface area (Å²) in [5, 5.41) is 2.86. The van der Waals surface area contributed by atoms with Gasteiger partial charge in [-0.05, 0) is 30.7 Å². The largest absolute Gasteiger partial charge is 0.351 e. The molecule has 0 aliphatic heterocycles. The number of carbonyl (C=O) groups is 1. The highest BCUT2D eigenvalue weighted by molar-refractivity contribution is 7.98. The zero-order valence-corrected chi connectivity index (χ0v) is 18.3. The molecular weight excluding hydrogens is 392 g/mol. The van der Waals surface area contributed by atoms with Crippen LogP contribution in [0.15, 0.2) is 53.4 Å². The maximum atomic E-state index is 12.6. The lowest BCUT2D eigenvalue weighted by atomic mass is 10.2. The molecule has 0 heterocycles. The molecule has 1 N–H and O–H groups in total. The van der Waals surface area contributed by atoms with Crippen molar-refractivity contribution in [2.75, 3.05) is 25.4 Å². The van der Waals surface area contributed by atoms with Gasteiger partial charge < -0.3 is 5.32 Å². The predicted molar refractivity (Wildman–Crippen MR) is 116 cm³/mol. The minimum Gasteiger partial charge on any atom is -0.351 e. The maximum absolute atomic E-state index is 12.6. The van der Waals surface area contributed by atoms with Crippen LogP contribution in [0.5, 0.6) is 0 Å². The highest BCUT2D eigenvalue weighted by Gasteiger charge is 2.22. The van der Waals surface area contributed by atoms with Crippen molar-refractivity contribution < 1.29 is 13.2 Å². The van der Waals surface area contributed by atoms with Crippen LogP contribution in [-0.2, 0) is 15.8 Å². The fraction of sp³-hybridized carbons (Fsp3) is 0.381. The summed E-state index contributed by atoms with van der Waals surface area (Å²) in [5.74, 6) is 1.43.